The normalized spacial score (nSPS) is 36.9. The predicted molar refractivity (Wildman–Crippen MR) is 137 cm³/mol. The molecule has 0 aromatic rings. The second-order valence-electron chi connectivity index (χ2n) is 11.9. The number of hydrogen-bond donors (Lipinski definition) is 2. The van der Waals surface area contributed by atoms with E-state index in [-0.39, 0.29) is 22.7 Å². The van der Waals surface area contributed by atoms with Gasteiger partial charge in [0.1, 0.15) is 0 Å². The van der Waals surface area contributed by atoms with Crippen molar-refractivity contribution >= 4 is 11.9 Å². The second kappa shape index (κ2) is 9.51. The van der Waals surface area contributed by atoms with Gasteiger partial charge in [0.15, 0.2) is 0 Å². The maximum Gasteiger partial charge on any atom is 0.330 e. The van der Waals surface area contributed by atoms with Crippen LogP contribution in [0.25, 0.3) is 0 Å². The Balaban J connectivity index is 1.96. The van der Waals surface area contributed by atoms with Gasteiger partial charge in [-0.25, -0.2) is 4.79 Å². The van der Waals surface area contributed by atoms with Gasteiger partial charge in [-0.1, -0.05) is 61.8 Å². The van der Waals surface area contributed by atoms with Crippen molar-refractivity contribution in [3.05, 3.63) is 46.6 Å². The Morgan fingerprint density at radius 1 is 1.12 bits per heavy atom. The molecule has 34 heavy (non-hydrogen) atoms. The number of carbonyl (C=O) groups is 2. The van der Waals surface area contributed by atoms with E-state index >= 15 is 0 Å². The Hall–Kier alpha value is -2.10. The molecule has 2 fully saturated rings. The van der Waals surface area contributed by atoms with Gasteiger partial charge in [0.05, 0.1) is 0 Å². The van der Waals surface area contributed by atoms with Crippen LogP contribution < -0.4 is 0 Å². The van der Waals surface area contributed by atoms with Crippen molar-refractivity contribution in [2.24, 2.45) is 28.1 Å². The van der Waals surface area contributed by atoms with Crippen molar-refractivity contribution in [1.82, 2.24) is 0 Å². The number of carboxylic acid groups (broad SMARTS) is 2. The minimum Gasteiger partial charge on any atom is -0.481 e. The van der Waals surface area contributed by atoms with Crippen LogP contribution in [0.5, 0.6) is 0 Å². The zero-order valence-electron chi connectivity index (χ0n) is 22.1. The molecule has 2 saturated carbocycles. The van der Waals surface area contributed by atoms with E-state index in [4.69, 9.17) is 5.11 Å². The lowest BCUT2D eigenvalue weighted by Crippen LogP contribution is -2.50. The van der Waals surface area contributed by atoms with Gasteiger partial charge in [0.2, 0.25) is 0 Å². The first-order valence-electron chi connectivity index (χ1n) is 12.9. The average Bonchev–Trinajstić information content (AvgIpc) is 3.03. The molecule has 5 atom stereocenters. The molecule has 4 nitrogen and oxygen atoms in total. The highest BCUT2D eigenvalue weighted by atomic mass is 16.4. The summed E-state index contributed by atoms with van der Waals surface area (Å²) in [7, 11) is 0. The van der Waals surface area contributed by atoms with E-state index in [0.717, 1.165) is 44.9 Å². The number of carboxylic acids is 2. The Morgan fingerprint density at radius 3 is 2.38 bits per heavy atom. The van der Waals surface area contributed by atoms with E-state index in [0.29, 0.717) is 23.8 Å². The van der Waals surface area contributed by atoms with Crippen LogP contribution in [-0.2, 0) is 9.59 Å². The molecule has 0 aromatic carbocycles. The Labute approximate surface area is 205 Å². The lowest BCUT2D eigenvalue weighted by atomic mass is 9.45. The summed E-state index contributed by atoms with van der Waals surface area (Å²) in [5.41, 5.74) is 6.19. The first-order chi connectivity index (χ1) is 15.8. The molecule has 0 radical (unpaired) electrons. The maximum absolute atomic E-state index is 11.5. The predicted octanol–water partition coefficient (Wildman–Crippen LogP) is 7.72. The molecular formula is C30H44O4. The van der Waals surface area contributed by atoms with E-state index in [1.54, 1.807) is 12.5 Å². The molecule has 3 rings (SSSR count). The minimum absolute atomic E-state index is 0.0978. The highest BCUT2D eigenvalue weighted by molar-refractivity contribution is 5.85. The summed E-state index contributed by atoms with van der Waals surface area (Å²) < 4.78 is 0. The Bertz CT molecular complexity index is 966. The second-order valence-corrected chi connectivity index (χ2v) is 11.9. The third-order valence-corrected chi connectivity index (χ3v) is 10.1. The SMILES string of the molecule is C=C(C)[C@@H]1CC[C@@H]2C(=CC[C@]3(C)C(=C(C)CCC=C(C)C(=O)O)CC[C@@]23C)[C@@]1(C)CCC(=O)O. The standard InChI is InChI=1S/C30H44O4/c1-19(2)22-11-12-25-24(28(22,5)16-15-26(31)32)14-18-29(6)23(13-17-30(25,29)7)20(3)9-8-10-21(4)27(33)34/h10,14,22,25H,1,8-9,11-13,15-18H2,2-7H3,(H,31,32)(H,33,34)/t22-,25+,28-,29+,30-/m0/s1. The van der Waals surface area contributed by atoms with Crippen molar-refractivity contribution in [3.63, 3.8) is 0 Å². The Kier molecular flexibility index (Phi) is 7.41. The van der Waals surface area contributed by atoms with Crippen molar-refractivity contribution in [2.75, 3.05) is 0 Å². The highest BCUT2D eigenvalue weighted by Gasteiger charge is 2.61. The fourth-order valence-electron chi connectivity index (χ4n) is 7.86. The van der Waals surface area contributed by atoms with Crippen LogP contribution in [-0.4, -0.2) is 22.2 Å². The monoisotopic (exact) mass is 468 g/mol. The molecule has 2 N–H and O–H groups in total. The minimum atomic E-state index is -0.841. The van der Waals surface area contributed by atoms with Crippen molar-refractivity contribution in [1.29, 1.82) is 0 Å². The summed E-state index contributed by atoms with van der Waals surface area (Å²) in [4.78, 5) is 22.6. The number of fused-ring (bicyclic) bond motifs is 3. The summed E-state index contributed by atoms with van der Waals surface area (Å²) in [5.74, 6) is -0.748. The van der Waals surface area contributed by atoms with Crippen molar-refractivity contribution in [3.8, 4) is 0 Å². The molecule has 4 heteroatoms. The molecule has 3 aliphatic rings. The molecule has 0 amide bonds. The number of rotatable bonds is 8. The van der Waals surface area contributed by atoms with E-state index in [9.17, 15) is 14.7 Å². The summed E-state index contributed by atoms with van der Waals surface area (Å²) in [6.07, 6.45) is 12.4. The van der Waals surface area contributed by atoms with Gasteiger partial charge in [-0.05, 0) is 100 Å². The smallest absolute Gasteiger partial charge is 0.330 e. The van der Waals surface area contributed by atoms with E-state index in [1.165, 1.54) is 16.7 Å². The lowest BCUT2D eigenvalue weighted by Gasteiger charge is -2.59. The zero-order chi connectivity index (χ0) is 25.5. The first-order valence-corrected chi connectivity index (χ1v) is 12.9. The largest absolute Gasteiger partial charge is 0.481 e. The Morgan fingerprint density at radius 2 is 1.79 bits per heavy atom. The highest BCUT2D eigenvalue weighted by Crippen LogP contribution is 2.70. The van der Waals surface area contributed by atoms with Gasteiger partial charge >= 0.3 is 11.9 Å². The molecule has 0 saturated heterocycles. The van der Waals surface area contributed by atoms with Crippen LogP contribution in [0.2, 0.25) is 0 Å². The average molecular weight is 469 g/mol. The van der Waals surface area contributed by atoms with Crippen LogP contribution in [0.4, 0.5) is 0 Å². The van der Waals surface area contributed by atoms with Gasteiger partial charge in [0, 0.05) is 12.0 Å². The van der Waals surface area contributed by atoms with E-state index in [1.807, 2.05) is 6.08 Å². The van der Waals surface area contributed by atoms with Gasteiger partial charge in [-0.3, -0.25) is 4.79 Å². The van der Waals surface area contributed by atoms with Gasteiger partial charge in [-0.2, -0.15) is 0 Å². The van der Waals surface area contributed by atoms with Gasteiger partial charge in [-0.15, -0.1) is 0 Å². The third kappa shape index (κ3) is 4.33. The molecule has 0 bridgehead atoms. The summed E-state index contributed by atoms with van der Waals surface area (Å²) in [5, 5.41) is 18.6. The van der Waals surface area contributed by atoms with Crippen LogP contribution in [0, 0.1) is 28.1 Å². The molecule has 0 aliphatic heterocycles. The van der Waals surface area contributed by atoms with Crippen LogP contribution in [0.15, 0.2) is 46.6 Å². The van der Waals surface area contributed by atoms with E-state index in [2.05, 4.69) is 47.3 Å². The lowest BCUT2D eigenvalue weighted by molar-refractivity contribution is -0.138. The van der Waals surface area contributed by atoms with Crippen molar-refractivity contribution in [2.45, 2.75) is 99.3 Å². The molecular weight excluding hydrogens is 424 g/mol. The summed E-state index contributed by atoms with van der Waals surface area (Å²) in [6, 6.07) is 0. The fourth-order valence-corrected chi connectivity index (χ4v) is 7.86. The maximum atomic E-state index is 11.5. The van der Waals surface area contributed by atoms with Crippen LogP contribution in [0.1, 0.15) is 99.3 Å². The molecule has 0 unspecified atom stereocenters. The summed E-state index contributed by atoms with van der Waals surface area (Å²) >= 11 is 0. The molecule has 188 valence electrons. The van der Waals surface area contributed by atoms with Crippen molar-refractivity contribution < 1.29 is 19.8 Å². The molecule has 0 aromatic heterocycles. The number of allylic oxidation sites excluding steroid dienone is 6. The first kappa shape index (κ1) is 26.5. The number of hydrogen-bond acceptors (Lipinski definition) is 2. The van der Waals surface area contributed by atoms with Gasteiger partial charge < -0.3 is 10.2 Å². The number of aliphatic carboxylic acids is 2. The van der Waals surface area contributed by atoms with Crippen LogP contribution >= 0.6 is 0 Å². The van der Waals surface area contributed by atoms with Crippen LogP contribution in [0.3, 0.4) is 0 Å². The fraction of sp³-hybridized carbons (Fsp3) is 0.667. The zero-order valence-corrected chi connectivity index (χ0v) is 22.1. The third-order valence-electron chi connectivity index (χ3n) is 10.1. The van der Waals surface area contributed by atoms with E-state index < -0.39 is 11.9 Å². The molecule has 0 spiro atoms. The topological polar surface area (TPSA) is 74.6 Å². The molecule has 0 heterocycles. The summed E-state index contributed by atoms with van der Waals surface area (Å²) in [6.45, 7) is 17.5. The van der Waals surface area contributed by atoms with Gasteiger partial charge in [0.25, 0.3) is 0 Å². The molecule has 3 aliphatic carbocycles. The quantitative estimate of drug-likeness (QED) is 0.282.